The van der Waals surface area contributed by atoms with E-state index in [1.165, 1.54) is 0 Å². The highest BCUT2D eigenvalue weighted by Crippen LogP contribution is 2.38. The van der Waals surface area contributed by atoms with E-state index in [1.54, 1.807) is 4.90 Å². The maximum absolute atomic E-state index is 13.6. The van der Waals surface area contributed by atoms with Crippen LogP contribution in [0.4, 0.5) is 0 Å². The summed E-state index contributed by atoms with van der Waals surface area (Å²) in [4.78, 5) is 30.8. The lowest BCUT2D eigenvalue weighted by atomic mass is 9.97. The minimum absolute atomic E-state index is 0.138. The fraction of sp³-hybridized carbons (Fsp3) is 0.385. The Morgan fingerprint density at radius 3 is 2.41 bits per heavy atom. The number of carbonyl (C=O) groups is 1. The number of benzene rings is 2. The number of hydrogen-bond donors (Lipinski definition) is 0. The first-order chi connectivity index (χ1) is 15.3. The molecule has 1 aliphatic heterocycles. The van der Waals surface area contributed by atoms with Gasteiger partial charge in [0.15, 0.2) is 5.43 Å². The molecule has 4 rings (SSSR count). The zero-order chi connectivity index (χ0) is 23.0. The van der Waals surface area contributed by atoms with Crippen molar-refractivity contribution in [1.29, 1.82) is 0 Å². The van der Waals surface area contributed by atoms with Crippen LogP contribution >= 0.6 is 0 Å². The van der Waals surface area contributed by atoms with Gasteiger partial charge in [-0.3, -0.25) is 9.59 Å². The van der Waals surface area contributed by atoms with Gasteiger partial charge in [-0.15, -0.1) is 0 Å². The number of aryl methyl sites for hydroxylation is 2. The summed E-state index contributed by atoms with van der Waals surface area (Å²) in [6, 6.07) is 10.9. The van der Waals surface area contributed by atoms with Crippen molar-refractivity contribution in [1.82, 2.24) is 9.80 Å². The van der Waals surface area contributed by atoms with E-state index in [2.05, 4.69) is 6.92 Å². The second-order valence-corrected chi connectivity index (χ2v) is 8.73. The van der Waals surface area contributed by atoms with Gasteiger partial charge in [0.25, 0.3) is 5.91 Å². The predicted octanol–water partition coefficient (Wildman–Crippen LogP) is 4.31. The molecule has 1 amide bonds. The first-order valence-electron chi connectivity index (χ1n) is 11.1. The lowest BCUT2D eigenvalue weighted by Crippen LogP contribution is -2.35. The Morgan fingerprint density at radius 1 is 1.06 bits per heavy atom. The molecule has 1 aliphatic rings. The van der Waals surface area contributed by atoms with Gasteiger partial charge in [-0.25, -0.2) is 0 Å². The summed E-state index contributed by atoms with van der Waals surface area (Å²) in [5.41, 5.74) is 3.66. The van der Waals surface area contributed by atoms with Gasteiger partial charge in [-0.2, -0.15) is 0 Å². The van der Waals surface area contributed by atoms with Crippen molar-refractivity contribution in [3.8, 4) is 5.75 Å². The van der Waals surface area contributed by atoms with Crippen molar-refractivity contribution < 1.29 is 13.9 Å². The maximum Gasteiger partial charge on any atom is 0.290 e. The van der Waals surface area contributed by atoms with Crippen LogP contribution in [0.2, 0.25) is 0 Å². The second-order valence-electron chi connectivity index (χ2n) is 8.73. The molecule has 0 spiro atoms. The Morgan fingerprint density at radius 2 is 1.75 bits per heavy atom. The molecule has 0 fully saturated rings. The average Bonchev–Trinajstić information content (AvgIpc) is 3.04. The summed E-state index contributed by atoms with van der Waals surface area (Å²) in [6.07, 6.45) is 0.928. The smallest absolute Gasteiger partial charge is 0.290 e. The van der Waals surface area contributed by atoms with Crippen molar-refractivity contribution in [3.05, 3.63) is 74.6 Å². The van der Waals surface area contributed by atoms with E-state index in [4.69, 9.17) is 9.15 Å². The van der Waals surface area contributed by atoms with Crippen LogP contribution in [0.15, 0.2) is 45.6 Å². The van der Waals surface area contributed by atoms with Crippen LogP contribution < -0.4 is 10.2 Å². The minimum Gasteiger partial charge on any atom is -0.494 e. The van der Waals surface area contributed by atoms with E-state index >= 15 is 0 Å². The first kappa shape index (κ1) is 22.1. The van der Waals surface area contributed by atoms with Crippen molar-refractivity contribution in [2.24, 2.45) is 0 Å². The number of likely N-dealkylation sites (N-methyl/N-ethyl adjacent to an activating group) is 1. The third-order valence-corrected chi connectivity index (χ3v) is 6.04. The zero-order valence-electron chi connectivity index (χ0n) is 19.4. The van der Waals surface area contributed by atoms with Crippen LogP contribution in [-0.2, 0) is 0 Å². The third-order valence-electron chi connectivity index (χ3n) is 6.04. The Balaban J connectivity index is 1.86. The van der Waals surface area contributed by atoms with Crippen molar-refractivity contribution in [3.63, 3.8) is 0 Å². The van der Waals surface area contributed by atoms with Crippen LogP contribution in [0.3, 0.4) is 0 Å². The SMILES string of the molecule is CCCOc1ccc(C2c3c(oc4cc(C)c(C)cc4c3=O)C(=O)N2CCN(C)C)cc1. The van der Waals surface area contributed by atoms with Gasteiger partial charge in [-0.1, -0.05) is 19.1 Å². The molecule has 1 atom stereocenters. The molecular weight excluding hydrogens is 404 g/mol. The Labute approximate surface area is 188 Å². The fourth-order valence-electron chi connectivity index (χ4n) is 4.13. The third kappa shape index (κ3) is 3.91. The first-order valence-corrected chi connectivity index (χ1v) is 11.1. The number of nitrogens with zero attached hydrogens (tertiary/aromatic N) is 2. The van der Waals surface area contributed by atoms with Gasteiger partial charge in [-0.05, 0) is 75.3 Å². The molecule has 3 aromatic rings. The summed E-state index contributed by atoms with van der Waals surface area (Å²) < 4.78 is 11.8. The monoisotopic (exact) mass is 434 g/mol. The molecule has 0 radical (unpaired) electrons. The Kier molecular flexibility index (Phi) is 6.07. The van der Waals surface area contributed by atoms with E-state index in [1.807, 2.05) is 69.2 Å². The molecular formula is C26H30N2O4. The van der Waals surface area contributed by atoms with E-state index in [0.717, 1.165) is 28.9 Å². The van der Waals surface area contributed by atoms with Crippen molar-refractivity contribution in [2.45, 2.75) is 33.2 Å². The predicted molar refractivity (Wildman–Crippen MR) is 126 cm³/mol. The summed E-state index contributed by atoms with van der Waals surface area (Å²) in [5, 5.41) is 0.516. The topological polar surface area (TPSA) is 63.0 Å². The molecule has 168 valence electrons. The molecule has 1 unspecified atom stereocenters. The molecule has 6 nitrogen and oxygen atoms in total. The molecule has 32 heavy (non-hydrogen) atoms. The minimum atomic E-state index is -0.486. The lowest BCUT2D eigenvalue weighted by Gasteiger charge is -2.26. The Bertz CT molecular complexity index is 1210. The molecule has 0 saturated heterocycles. The number of fused-ring (bicyclic) bond motifs is 2. The van der Waals surface area contributed by atoms with Gasteiger partial charge < -0.3 is 19.0 Å². The molecule has 2 aromatic carbocycles. The highest BCUT2D eigenvalue weighted by atomic mass is 16.5. The largest absolute Gasteiger partial charge is 0.494 e. The van der Waals surface area contributed by atoms with Crippen molar-refractivity contribution >= 4 is 16.9 Å². The number of amides is 1. The fourth-order valence-corrected chi connectivity index (χ4v) is 4.13. The summed E-state index contributed by atoms with van der Waals surface area (Å²) in [7, 11) is 3.93. The average molecular weight is 435 g/mol. The van der Waals surface area contributed by atoms with Gasteiger partial charge in [0, 0.05) is 13.1 Å². The number of ether oxygens (including phenoxy) is 1. The molecule has 2 heterocycles. The van der Waals surface area contributed by atoms with Crippen LogP contribution in [0.25, 0.3) is 11.0 Å². The van der Waals surface area contributed by atoms with Gasteiger partial charge in [0.05, 0.1) is 23.6 Å². The standard InChI is InChI=1S/C26H30N2O4/c1-6-13-31-19-9-7-18(8-10-19)23-22-24(29)20-14-16(2)17(3)15-21(20)32-25(22)26(30)28(23)12-11-27(4)5/h7-10,14-15,23H,6,11-13H2,1-5H3. The molecule has 0 bridgehead atoms. The van der Waals surface area contributed by atoms with E-state index < -0.39 is 6.04 Å². The number of hydrogen-bond acceptors (Lipinski definition) is 5. The van der Waals surface area contributed by atoms with Gasteiger partial charge >= 0.3 is 0 Å². The van der Waals surface area contributed by atoms with Crippen molar-refractivity contribution in [2.75, 3.05) is 33.8 Å². The quantitative estimate of drug-likeness (QED) is 0.555. The van der Waals surface area contributed by atoms with E-state index in [-0.39, 0.29) is 17.1 Å². The highest BCUT2D eigenvalue weighted by molar-refractivity contribution is 5.99. The normalized spacial score (nSPS) is 15.6. The van der Waals surface area contributed by atoms with E-state index in [9.17, 15) is 9.59 Å². The van der Waals surface area contributed by atoms with Crippen LogP contribution in [0.1, 0.15) is 52.2 Å². The Hall–Kier alpha value is -3.12. The van der Waals surface area contributed by atoms with Crippen LogP contribution in [0, 0.1) is 13.8 Å². The van der Waals surface area contributed by atoms with E-state index in [0.29, 0.717) is 36.2 Å². The van der Waals surface area contributed by atoms with Crippen LogP contribution in [0.5, 0.6) is 5.75 Å². The van der Waals surface area contributed by atoms with Gasteiger partial charge in [0.2, 0.25) is 5.76 Å². The van der Waals surface area contributed by atoms with Gasteiger partial charge in [0.1, 0.15) is 11.3 Å². The number of carbonyl (C=O) groups excluding carboxylic acids is 1. The number of rotatable bonds is 7. The highest BCUT2D eigenvalue weighted by Gasteiger charge is 2.42. The molecule has 6 heteroatoms. The van der Waals surface area contributed by atoms with Crippen LogP contribution in [-0.4, -0.2) is 49.5 Å². The molecule has 0 aliphatic carbocycles. The second kappa shape index (κ2) is 8.79. The summed E-state index contributed by atoms with van der Waals surface area (Å²) in [5.74, 6) is 0.688. The molecule has 1 aromatic heterocycles. The summed E-state index contributed by atoms with van der Waals surface area (Å²) >= 11 is 0. The summed E-state index contributed by atoms with van der Waals surface area (Å²) in [6.45, 7) is 7.82. The molecule has 0 saturated carbocycles. The lowest BCUT2D eigenvalue weighted by molar-refractivity contribution is 0.0716. The molecule has 0 N–H and O–H groups in total. The maximum atomic E-state index is 13.6. The zero-order valence-corrected chi connectivity index (χ0v) is 19.4.